The fourth-order valence-corrected chi connectivity index (χ4v) is 3.48. The highest BCUT2D eigenvalue weighted by Crippen LogP contribution is 2.18. The quantitative estimate of drug-likeness (QED) is 0.158. The molecule has 0 aromatic heterocycles. The van der Waals surface area contributed by atoms with Crippen molar-refractivity contribution in [1.82, 2.24) is 10.4 Å². The average Bonchev–Trinajstić information content (AvgIpc) is 2.72. The summed E-state index contributed by atoms with van der Waals surface area (Å²) in [6.07, 6.45) is 8.53. The van der Waals surface area contributed by atoms with E-state index in [9.17, 15) is 4.79 Å². The first-order valence-corrected chi connectivity index (χ1v) is 10.6. The van der Waals surface area contributed by atoms with Crippen LogP contribution < -0.4 is 5.48 Å². The summed E-state index contributed by atoms with van der Waals surface area (Å²) in [5, 5.41) is 0.682. The second kappa shape index (κ2) is 12.6. The molecular weight excluding hydrogens is 386 g/mol. The number of rotatable bonds is 9. The van der Waals surface area contributed by atoms with E-state index in [2.05, 4.69) is 15.4 Å². The predicted molar refractivity (Wildman–Crippen MR) is 121 cm³/mol. The summed E-state index contributed by atoms with van der Waals surface area (Å²) in [6, 6.07) is 7.62. The minimum Gasteiger partial charge on any atom is -0.303 e. The van der Waals surface area contributed by atoms with Gasteiger partial charge in [0.2, 0.25) is 0 Å². The summed E-state index contributed by atoms with van der Waals surface area (Å²) in [5.41, 5.74) is 5.34. The number of likely N-dealkylation sites (tertiary alicyclic amines) is 1. The molecule has 0 aliphatic carbocycles. The number of nitrogens with one attached hydrogen (secondary N) is 1. The lowest BCUT2D eigenvalue weighted by Gasteiger charge is -2.26. The van der Waals surface area contributed by atoms with Gasteiger partial charge in [0.15, 0.2) is 11.6 Å². The van der Waals surface area contributed by atoms with Gasteiger partial charge in [-0.3, -0.25) is 14.6 Å². The van der Waals surface area contributed by atoms with Crippen molar-refractivity contribution >= 4 is 28.8 Å². The number of hydrogen-bond donors (Lipinski definition) is 1. The first kappa shape index (κ1) is 23.3. The van der Waals surface area contributed by atoms with Crippen molar-refractivity contribution in [3.63, 3.8) is 0 Å². The van der Waals surface area contributed by atoms with Crippen molar-refractivity contribution in [2.75, 3.05) is 33.3 Å². The molecule has 0 amide bonds. The third kappa shape index (κ3) is 8.13. The minimum absolute atomic E-state index is 0.0786. The van der Waals surface area contributed by atoms with Crippen LogP contribution in [-0.2, 0) is 9.63 Å². The highest BCUT2D eigenvalue weighted by molar-refractivity contribution is 6.30. The lowest BCUT2D eigenvalue weighted by atomic mass is 10.1. The van der Waals surface area contributed by atoms with Gasteiger partial charge in [0.05, 0.1) is 12.2 Å². The minimum atomic E-state index is -0.0786. The zero-order valence-electron chi connectivity index (χ0n) is 17.7. The molecule has 1 aromatic rings. The van der Waals surface area contributed by atoms with E-state index in [-0.39, 0.29) is 5.78 Å². The van der Waals surface area contributed by atoms with E-state index in [1.807, 2.05) is 37.3 Å². The van der Waals surface area contributed by atoms with Gasteiger partial charge in [-0.1, -0.05) is 36.2 Å². The number of hydroxylamine groups is 1. The van der Waals surface area contributed by atoms with Crippen molar-refractivity contribution in [3.8, 4) is 0 Å². The Morgan fingerprint density at radius 1 is 1.24 bits per heavy atom. The molecule has 1 aliphatic heterocycles. The molecule has 0 spiro atoms. The van der Waals surface area contributed by atoms with Crippen molar-refractivity contribution in [1.29, 1.82) is 0 Å². The Morgan fingerprint density at radius 2 is 2.00 bits per heavy atom. The molecule has 1 heterocycles. The predicted octanol–water partition coefficient (Wildman–Crippen LogP) is 4.68. The van der Waals surface area contributed by atoms with Crippen LogP contribution in [0.3, 0.4) is 0 Å². The molecular formula is C23H32ClN3O2. The van der Waals surface area contributed by atoms with E-state index in [1.54, 1.807) is 13.1 Å². The monoisotopic (exact) mass is 417 g/mol. The largest absolute Gasteiger partial charge is 0.303 e. The van der Waals surface area contributed by atoms with Gasteiger partial charge in [0.25, 0.3) is 0 Å². The number of Topliss-reactive ketones (excluding diaryl/α,β-unsaturated/α-hetero) is 1. The van der Waals surface area contributed by atoms with Crippen molar-refractivity contribution < 1.29 is 9.63 Å². The number of amidine groups is 1. The summed E-state index contributed by atoms with van der Waals surface area (Å²) in [4.78, 5) is 24.4. The smallest absolute Gasteiger partial charge is 0.163 e. The maximum atomic E-state index is 12.1. The van der Waals surface area contributed by atoms with Gasteiger partial charge in [-0.15, -0.1) is 0 Å². The molecule has 0 radical (unpaired) electrons. The standard InChI is InChI=1S/C23H32ClN3O2/c1-18(20-9-7-10-21(24)17-20)11-12-22(19(2)28)23(25-3)26-29-16-8-15-27-13-5-4-6-14-27/h7,9-12,17H,4-6,8,13-16H2,1-3H3,(H,25,26)/b18-11+,22-12+. The molecule has 0 unspecified atom stereocenters. The summed E-state index contributed by atoms with van der Waals surface area (Å²) in [7, 11) is 1.64. The van der Waals surface area contributed by atoms with E-state index in [0.29, 0.717) is 23.0 Å². The second-order valence-corrected chi connectivity index (χ2v) is 7.71. The zero-order valence-corrected chi connectivity index (χ0v) is 18.5. The molecule has 0 saturated carbocycles. The van der Waals surface area contributed by atoms with Crippen molar-refractivity contribution in [2.24, 2.45) is 4.99 Å². The maximum Gasteiger partial charge on any atom is 0.163 e. The topological polar surface area (TPSA) is 53.9 Å². The number of carbonyl (C=O) groups is 1. The van der Waals surface area contributed by atoms with E-state index < -0.39 is 0 Å². The van der Waals surface area contributed by atoms with E-state index in [4.69, 9.17) is 16.4 Å². The number of nitrogens with zero attached hydrogens (tertiary/aromatic N) is 2. The molecule has 29 heavy (non-hydrogen) atoms. The molecule has 1 fully saturated rings. The SMILES string of the molecule is CN=C(NOCCCN1CCCCC1)/C(=C/C=C(\C)c1cccc(Cl)c1)C(C)=O. The number of benzene rings is 1. The Morgan fingerprint density at radius 3 is 2.66 bits per heavy atom. The molecule has 1 aromatic carbocycles. The summed E-state index contributed by atoms with van der Waals surface area (Å²) < 4.78 is 0. The van der Waals surface area contributed by atoms with Gasteiger partial charge in [0.1, 0.15) is 0 Å². The molecule has 1 aliphatic rings. The van der Waals surface area contributed by atoms with Crippen LogP contribution in [0.25, 0.3) is 5.57 Å². The molecule has 6 heteroatoms. The summed E-state index contributed by atoms with van der Waals surface area (Å²) in [5.74, 6) is 0.357. The Labute approximate surface area is 179 Å². The number of aliphatic imine (C=N–C) groups is 1. The Balaban J connectivity index is 1.91. The molecule has 1 N–H and O–H groups in total. The van der Waals surface area contributed by atoms with Gasteiger partial charge >= 0.3 is 0 Å². The van der Waals surface area contributed by atoms with Gasteiger partial charge < -0.3 is 4.90 Å². The highest BCUT2D eigenvalue weighted by atomic mass is 35.5. The van der Waals surface area contributed by atoms with Crippen molar-refractivity contribution in [3.05, 3.63) is 52.6 Å². The third-order valence-electron chi connectivity index (χ3n) is 4.98. The van der Waals surface area contributed by atoms with Crippen LogP contribution in [-0.4, -0.2) is 49.8 Å². The Kier molecular flexibility index (Phi) is 10.1. The zero-order chi connectivity index (χ0) is 21.1. The van der Waals surface area contributed by atoms with Crippen molar-refractivity contribution in [2.45, 2.75) is 39.5 Å². The third-order valence-corrected chi connectivity index (χ3v) is 5.21. The number of hydrogen-bond acceptors (Lipinski definition) is 4. The van der Waals surface area contributed by atoms with Crippen LogP contribution >= 0.6 is 11.6 Å². The molecule has 0 bridgehead atoms. The summed E-state index contributed by atoms with van der Waals surface area (Å²) in [6.45, 7) is 7.48. The molecule has 2 rings (SSSR count). The lowest BCUT2D eigenvalue weighted by Crippen LogP contribution is -2.32. The normalized spacial score (nSPS) is 16.8. The van der Waals surface area contributed by atoms with E-state index in [0.717, 1.165) is 24.1 Å². The second-order valence-electron chi connectivity index (χ2n) is 7.28. The van der Waals surface area contributed by atoms with Gasteiger partial charge in [-0.2, -0.15) is 0 Å². The number of allylic oxidation sites excluding steroid dienone is 3. The fourth-order valence-electron chi connectivity index (χ4n) is 3.29. The lowest BCUT2D eigenvalue weighted by molar-refractivity contribution is -0.113. The Bertz CT molecular complexity index is 765. The van der Waals surface area contributed by atoms with Crippen LogP contribution in [0.4, 0.5) is 0 Å². The molecule has 158 valence electrons. The highest BCUT2D eigenvalue weighted by Gasteiger charge is 2.12. The van der Waals surface area contributed by atoms with Gasteiger partial charge in [-0.05, 0) is 75.5 Å². The molecule has 1 saturated heterocycles. The van der Waals surface area contributed by atoms with Crippen LogP contribution in [0, 0.1) is 0 Å². The maximum absolute atomic E-state index is 12.1. The van der Waals surface area contributed by atoms with Crippen LogP contribution in [0.2, 0.25) is 5.02 Å². The average molecular weight is 418 g/mol. The van der Waals surface area contributed by atoms with Gasteiger partial charge in [-0.25, -0.2) is 5.48 Å². The number of carbonyl (C=O) groups excluding carboxylic acids is 1. The number of piperidine rings is 1. The number of ketones is 1. The molecule has 5 nitrogen and oxygen atoms in total. The number of halogens is 1. The van der Waals surface area contributed by atoms with Crippen LogP contribution in [0.1, 0.15) is 45.1 Å². The van der Waals surface area contributed by atoms with Crippen LogP contribution in [0.15, 0.2) is 47.0 Å². The fraction of sp³-hybridized carbons (Fsp3) is 0.478. The van der Waals surface area contributed by atoms with Gasteiger partial charge in [0, 0.05) is 18.6 Å². The summed E-state index contributed by atoms with van der Waals surface area (Å²) >= 11 is 6.06. The molecule has 0 atom stereocenters. The first-order chi connectivity index (χ1) is 14.0. The first-order valence-electron chi connectivity index (χ1n) is 10.2. The Hall–Kier alpha value is -1.95. The van der Waals surface area contributed by atoms with E-state index in [1.165, 1.54) is 39.3 Å². The van der Waals surface area contributed by atoms with E-state index >= 15 is 0 Å². The van der Waals surface area contributed by atoms with Crippen LogP contribution in [0.5, 0.6) is 0 Å².